The van der Waals surface area contributed by atoms with Crippen molar-refractivity contribution in [3.63, 3.8) is 0 Å². The molecule has 1 saturated carbocycles. The van der Waals surface area contributed by atoms with E-state index in [0.29, 0.717) is 12.0 Å². The van der Waals surface area contributed by atoms with Crippen LogP contribution in [0.15, 0.2) is 35.5 Å². The lowest BCUT2D eigenvalue weighted by Crippen LogP contribution is -2.37. The fraction of sp³-hybridized carbons (Fsp3) is 0.588. The Bertz CT molecular complexity index is 452. The summed E-state index contributed by atoms with van der Waals surface area (Å²) in [5.74, 6) is 0.192. The van der Waals surface area contributed by atoms with E-state index in [1.165, 1.54) is 32.1 Å². The van der Waals surface area contributed by atoms with Crippen LogP contribution in [-0.4, -0.2) is 24.1 Å². The summed E-state index contributed by atoms with van der Waals surface area (Å²) in [6, 6.07) is 9.99. The highest BCUT2D eigenvalue weighted by molar-refractivity contribution is 5.87. The van der Waals surface area contributed by atoms with Crippen molar-refractivity contribution in [2.45, 2.75) is 44.9 Å². The van der Waals surface area contributed by atoms with E-state index in [2.05, 4.69) is 17.4 Å². The number of hydrogen-bond donors (Lipinski definition) is 3. The number of rotatable bonds is 7. The molecule has 0 heterocycles. The number of hydrogen-bond acceptors (Lipinski definition) is 3. The van der Waals surface area contributed by atoms with Gasteiger partial charge in [-0.05, 0) is 30.2 Å². The van der Waals surface area contributed by atoms with Gasteiger partial charge in [0.25, 0.3) is 0 Å². The van der Waals surface area contributed by atoms with Gasteiger partial charge < -0.3 is 16.3 Å². The van der Waals surface area contributed by atoms with E-state index < -0.39 is 0 Å². The van der Waals surface area contributed by atoms with Crippen LogP contribution in [0.2, 0.25) is 0 Å². The lowest BCUT2D eigenvalue weighted by atomic mass is 9.83. The maximum atomic E-state index is 9.01. The Morgan fingerprint density at radius 3 is 2.57 bits per heavy atom. The first-order chi connectivity index (χ1) is 10.2. The van der Waals surface area contributed by atoms with E-state index in [-0.39, 0.29) is 11.8 Å². The summed E-state index contributed by atoms with van der Waals surface area (Å²) >= 11 is 0. The topological polar surface area (TPSA) is 70.6 Å². The van der Waals surface area contributed by atoms with Gasteiger partial charge >= 0.3 is 0 Å². The van der Waals surface area contributed by atoms with Crippen LogP contribution in [0.3, 0.4) is 0 Å². The molecule has 4 nitrogen and oxygen atoms in total. The molecular weight excluding hydrogens is 262 g/mol. The number of amidine groups is 1. The van der Waals surface area contributed by atoms with Gasteiger partial charge in [0.1, 0.15) is 5.84 Å². The monoisotopic (exact) mass is 289 g/mol. The molecule has 4 heteroatoms. The second-order valence-corrected chi connectivity index (χ2v) is 6.18. The Balaban J connectivity index is 1.97. The fourth-order valence-corrected chi connectivity index (χ4v) is 3.41. The Labute approximate surface area is 127 Å². The van der Waals surface area contributed by atoms with Crippen LogP contribution in [0, 0.1) is 5.41 Å². The average molecular weight is 289 g/mol. The van der Waals surface area contributed by atoms with Gasteiger partial charge in [0.15, 0.2) is 0 Å². The van der Waals surface area contributed by atoms with E-state index in [4.69, 9.17) is 10.9 Å². The quantitative estimate of drug-likeness (QED) is 0.313. The summed E-state index contributed by atoms with van der Waals surface area (Å²) in [5, 5.41) is 15.8. The van der Waals surface area contributed by atoms with Gasteiger partial charge in [-0.25, -0.2) is 0 Å². The first-order valence-corrected chi connectivity index (χ1v) is 7.94. The van der Waals surface area contributed by atoms with Gasteiger partial charge in [-0.3, -0.25) is 0 Å². The highest BCUT2D eigenvalue weighted by atomic mass is 16.4. The maximum absolute atomic E-state index is 9.01. The highest BCUT2D eigenvalue weighted by Crippen LogP contribution is 2.40. The van der Waals surface area contributed by atoms with Gasteiger partial charge in [-0.2, -0.15) is 0 Å². The summed E-state index contributed by atoms with van der Waals surface area (Å²) < 4.78 is 0. The zero-order valence-corrected chi connectivity index (χ0v) is 12.9. The minimum atomic E-state index is -0.0773. The SMILES string of the molecule is CCC1(CNCC(/C(N)=N/O)c2ccccc2)CCCC1. The normalized spacial score (nSPS) is 19.6. The van der Waals surface area contributed by atoms with Gasteiger partial charge in [0.05, 0.1) is 5.92 Å². The van der Waals surface area contributed by atoms with Crippen LogP contribution in [0.5, 0.6) is 0 Å². The molecule has 1 atom stereocenters. The van der Waals surface area contributed by atoms with Crippen LogP contribution < -0.4 is 11.1 Å². The predicted molar refractivity (Wildman–Crippen MR) is 86.7 cm³/mol. The standard InChI is InChI=1S/C17H27N3O/c1-2-17(10-6-7-11-17)13-19-12-15(16(18)20-21)14-8-4-3-5-9-14/h3-5,8-9,15,19,21H,2,6-7,10-13H2,1H3,(H2,18,20). The lowest BCUT2D eigenvalue weighted by Gasteiger charge is -2.29. The van der Waals surface area contributed by atoms with Gasteiger partial charge in [-0.15, -0.1) is 0 Å². The molecule has 1 unspecified atom stereocenters. The number of nitrogens with zero attached hydrogens (tertiary/aromatic N) is 1. The fourth-order valence-electron chi connectivity index (χ4n) is 3.41. The molecule has 0 aromatic heterocycles. The molecule has 4 N–H and O–H groups in total. The van der Waals surface area contributed by atoms with Crippen LogP contribution in [0.1, 0.15) is 50.5 Å². The van der Waals surface area contributed by atoms with Crippen molar-refractivity contribution in [1.29, 1.82) is 0 Å². The molecule has 1 aromatic carbocycles. The first kappa shape index (κ1) is 15.8. The summed E-state index contributed by atoms with van der Waals surface area (Å²) in [4.78, 5) is 0. The molecule has 0 saturated heterocycles. The molecule has 1 aliphatic rings. The third-order valence-corrected chi connectivity index (χ3v) is 4.94. The van der Waals surface area contributed by atoms with E-state index in [1.54, 1.807) is 0 Å². The molecule has 116 valence electrons. The average Bonchev–Trinajstić information content (AvgIpc) is 3.01. The Morgan fingerprint density at radius 1 is 1.33 bits per heavy atom. The minimum Gasteiger partial charge on any atom is -0.409 e. The van der Waals surface area contributed by atoms with Crippen LogP contribution in [0.25, 0.3) is 0 Å². The van der Waals surface area contributed by atoms with Crippen LogP contribution in [-0.2, 0) is 0 Å². The first-order valence-electron chi connectivity index (χ1n) is 7.94. The van der Waals surface area contributed by atoms with E-state index in [1.807, 2.05) is 30.3 Å². The molecule has 1 aromatic rings. The molecule has 0 spiro atoms. The zero-order valence-electron chi connectivity index (χ0n) is 12.9. The lowest BCUT2D eigenvalue weighted by molar-refractivity contribution is 0.268. The van der Waals surface area contributed by atoms with E-state index in [0.717, 1.165) is 12.1 Å². The number of nitrogens with two attached hydrogens (primary N) is 1. The van der Waals surface area contributed by atoms with Crippen molar-refractivity contribution in [3.8, 4) is 0 Å². The maximum Gasteiger partial charge on any atom is 0.147 e. The largest absolute Gasteiger partial charge is 0.409 e. The molecule has 21 heavy (non-hydrogen) atoms. The molecule has 2 rings (SSSR count). The smallest absolute Gasteiger partial charge is 0.147 e. The Hall–Kier alpha value is -1.55. The molecule has 0 bridgehead atoms. The molecule has 0 radical (unpaired) electrons. The van der Waals surface area contributed by atoms with E-state index in [9.17, 15) is 0 Å². The van der Waals surface area contributed by atoms with Gasteiger partial charge in [0, 0.05) is 13.1 Å². The number of benzene rings is 1. The second-order valence-electron chi connectivity index (χ2n) is 6.18. The third kappa shape index (κ3) is 3.97. The Kier molecular flexibility index (Phi) is 5.62. The zero-order chi connectivity index (χ0) is 15.1. The van der Waals surface area contributed by atoms with Gasteiger partial charge in [-0.1, -0.05) is 55.3 Å². The van der Waals surface area contributed by atoms with Crippen molar-refractivity contribution < 1.29 is 5.21 Å². The molecule has 0 aliphatic heterocycles. The second kappa shape index (κ2) is 7.46. The number of oxime groups is 1. The third-order valence-electron chi connectivity index (χ3n) is 4.94. The minimum absolute atomic E-state index is 0.0773. The molecule has 1 fully saturated rings. The summed E-state index contributed by atoms with van der Waals surface area (Å²) in [5.41, 5.74) is 7.40. The van der Waals surface area contributed by atoms with Crippen LogP contribution in [0.4, 0.5) is 0 Å². The Morgan fingerprint density at radius 2 is 2.00 bits per heavy atom. The van der Waals surface area contributed by atoms with Crippen molar-refractivity contribution in [1.82, 2.24) is 5.32 Å². The molecule has 0 amide bonds. The number of nitrogens with one attached hydrogen (secondary N) is 1. The van der Waals surface area contributed by atoms with Crippen molar-refractivity contribution in [2.75, 3.05) is 13.1 Å². The van der Waals surface area contributed by atoms with Crippen molar-refractivity contribution >= 4 is 5.84 Å². The van der Waals surface area contributed by atoms with Crippen molar-refractivity contribution in [2.24, 2.45) is 16.3 Å². The highest BCUT2D eigenvalue weighted by Gasteiger charge is 2.31. The summed E-state index contributed by atoms with van der Waals surface area (Å²) in [6.45, 7) is 4.01. The van der Waals surface area contributed by atoms with Gasteiger partial charge in [0.2, 0.25) is 0 Å². The summed E-state index contributed by atoms with van der Waals surface area (Å²) in [6.07, 6.45) is 6.54. The van der Waals surface area contributed by atoms with Crippen LogP contribution >= 0.6 is 0 Å². The van der Waals surface area contributed by atoms with Crippen molar-refractivity contribution in [3.05, 3.63) is 35.9 Å². The molecule has 1 aliphatic carbocycles. The summed E-state index contributed by atoms with van der Waals surface area (Å²) in [7, 11) is 0. The molecular formula is C17H27N3O. The predicted octanol–water partition coefficient (Wildman–Crippen LogP) is 3.08. The van der Waals surface area contributed by atoms with E-state index >= 15 is 0 Å².